The summed E-state index contributed by atoms with van der Waals surface area (Å²) in [4.78, 5) is 33.0. The molecule has 1 atom stereocenters. The minimum atomic E-state index is -5.11. The number of halogens is 6. The van der Waals surface area contributed by atoms with Gasteiger partial charge in [-0.25, -0.2) is 19.5 Å². The maximum absolute atomic E-state index is 15.0. The molecule has 0 aliphatic heterocycles. The number of fused-ring (bicyclic) bond motifs is 1. The first kappa shape index (κ1) is 31.6. The molecule has 0 saturated carbocycles. The third-order valence-corrected chi connectivity index (χ3v) is 6.40. The molecule has 16 heteroatoms. The van der Waals surface area contributed by atoms with Crippen molar-refractivity contribution in [3.63, 3.8) is 0 Å². The summed E-state index contributed by atoms with van der Waals surface area (Å²) in [6.45, 7) is -0.998. The smallest absolute Gasteiger partial charge is 0.425 e. The average Bonchev–Trinajstić information content (AvgIpc) is 2.91. The number of H-pyrrole nitrogens is 1. The Bertz CT molecular complexity index is 1700. The van der Waals surface area contributed by atoms with Crippen LogP contribution in [0.4, 0.5) is 26.3 Å². The van der Waals surface area contributed by atoms with Crippen LogP contribution in [-0.2, 0) is 23.1 Å². The second-order valence-electron chi connectivity index (χ2n) is 10.0. The van der Waals surface area contributed by atoms with Crippen molar-refractivity contribution in [2.75, 3.05) is 6.61 Å². The second-order valence-corrected chi connectivity index (χ2v) is 10.0. The normalized spacial score (nSPS) is 13.1. The van der Waals surface area contributed by atoms with Gasteiger partial charge in [0.25, 0.3) is 11.1 Å². The third kappa shape index (κ3) is 7.56. The fraction of sp³-hybridized carbons (Fsp3) is 0.370. The summed E-state index contributed by atoms with van der Waals surface area (Å²) in [7, 11) is 0. The average molecular weight is 614 g/mol. The van der Waals surface area contributed by atoms with E-state index in [0.717, 1.165) is 6.07 Å². The molecule has 3 heterocycles. The molecule has 0 radical (unpaired) electrons. The summed E-state index contributed by atoms with van der Waals surface area (Å²) >= 11 is 0. The number of nitrogens with one attached hydrogen (secondary N) is 1. The number of pyridine rings is 1. The van der Waals surface area contributed by atoms with E-state index in [1.807, 2.05) is 0 Å². The highest BCUT2D eigenvalue weighted by Gasteiger charge is 2.39. The van der Waals surface area contributed by atoms with Crippen molar-refractivity contribution in [2.45, 2.75) is 57.7 Å². The fourth-order valence-corrected chi connectivity index (χ4v) is 4.20. The highest BCUT2D eigenvalue weighted by atomic mass is 19.4. The summed E-state index contributed by atoms with van der Waals surface area (Å²) in [6, 6.07) is 3.96. The van der Waals surface area contributed by atoms with E-state index < -0.39 is 59.3 Å². The molecule has 0 fully saturated rings. The third-order valence-electron chi connectivity index (χ3n) is 6.40. The number of nitrogens with zero attached hydrogens (tertiary/aromatic N) is 4. The summed E-state index contributed by atoms with van der Waals surface area (Å²) < 4.78 is 91.1. The van der Waals surface area contributed by atoms with Gasteiger partial charge in [0.05, 0.1) is 29.4 Å². The van der Waals surface area contributed by atoms with Crippen LogP contribution in [0.2, 0.25) is 0 Å². The Balaban J connectivity index is 1.52. The van der Waals surface area contributed by atoms with Gasteiger partial charge in [-0.2, -0.15) is 27.1 Å². The summed E-state index contributed by atoms with van der Waals surface area (Å²) in [5.74, 6) is -1.70. The van der Waals surface area contributed by atoms with E-state index in [9.17, 15) is 36.6 Å². The fourth-order valence-electron chi connectivity index (χ4n) is 4.20. The van der Waals surface area contributed by atoms with Gasteiger partial charge in [-0.3, -0.25) is 9.59 Å². The first-order valence-electron chi connectivity index (χ1n) is 12.7. The van der Waals surface area contributed by atoms with Gasteiger partial charge in [0, 0.05) is 30.7 Å². The predicted octanol–water partition coefficient (Wildman–Crippen LogP) is 4.39. The van der Waals surface area contributed by atoms with Crippen LogP contribution in [0.3, 0.4) is 0 Å². The van der Waals surface area contributed by atoms with Crippen LogP contribution < -0.4 is 15.9 Å². The van der Waals surface area contributed by atoms with E-state index in [1.54, 1.807) is 18.9 Å². The number of rotatable bonds is 11. The van der Waals surface area contributed by atoms with Crippen LogP contribution in [-0.4, -0.2) is 49.2 Å². The van der Waals surface area contributed by atoms with E-state index >= 15 is 4.39 Å². The highest BCUT2D eigenvalue weighted by Crippen LogP contribution is 2.33. The van der Waals surface area contributed by atoms with Crippen molar-refractivity contribution in [2.24, 2.45) is 0 Å². The molecular weight excluding hydrogens is 588 g/mol. The molecule has 4 aromatic rings. The van der Waals surface area contributed by atoms with Gasteiger partial charge < -0.3 is 19.1 Å². The van der Waals surface area contributed by atoms with Crippen LogP contribution >= 0.6 is 0 Å². The lowest BCUT2D eigenvalue weighted by Crippen LogP contribution is -2.30. The Hall–Kier alpha value is -4.31. The second kappa shape index (κ2) is 12.5. The summed E-state index contributed by atoms with van der Waals surface area (Å²) in [5, 5.41) is 15.4. The number of ether oxygens (including phenoxy) is 2. The zero-order valence-corrected chi connectivity index (χ0v) is 22.7. The van der Waals surface area contributed by atoms with Crippen molar-refractivity contribution in [3.05, 3.63) is 80.6 Å². The van der Waals surface area contributed by atoms with Crippen LogP contribution in [0.25, 0.3) is 22.2 Å². The number of alkyl halides is 5. The van der Waals surface area contributed by atoms with Crippen LogP contribution in [0.5, 0.6) is 5.75 Å². The molecule has 43 heavy (non-hydrogen) atoms. The zero-order valence-electron chi connectivity index (χ0n) is 22.7. The monoisotopic (exact) mass is 613 g/mol. The van der Waals surface area contributed by atoms with Gasteiger partial charge in [-0.15, -0.1) is 0 Å². The number of hydrogen-bond donors (Lipinski definition) is 2. The minimum Gasteiger partial charge on any atom is -0.485 e. The lowest BCUT2D eigenvalue weighted by molar-refractivity contribution is -0.150. The highest BCUT2D eigenvalue weighted by molar-refractivity contribution is 5.85. The molecule has 0 amide bonds. The van der Waals surface area contributed by atoms with Gasteiger partial charge in [0.2, 0.25) is 0 Å². The zero-order chi connectivity index (χ0) is 31.5. The van der Waals surface area contributed by atoms with Gasteiger partial charge in [-0.1, -0.05) is 0 Å². The van der Waals surface area contributed by atoms with Crippen molar-refractivity contribution < 1.29 is 40.9 Å². The maximum Gasteiger partial charge on any atom is 0.425 e. The Morgan fingerprint density at radius 3 is 2.42 bits per heavy atom. The van der Waals surface area contributed by atoms with Gasteiger partial charge in [-0.05, 0) is 50.3 Å². The number of hydrogen-bond acceptors (Lipinski definition) is 8. The van der Waals surface area contributed by atoms with E-state index in [1.165, 1.54) is 35.3 Å². The van der Waals surface area contributed by atoms with Crippen LogP contribution in [0, 0.1) is 5.82 Å². The number of benzene rings is 1. The molecule has 10 nitrogen and oxygen atoms in total. The lowest BCUT2D eigenvalue weighted by Gasteiger charge is -2.21. The molecule has 4 rings (SSSR count). The maximum atomic E-state index is 15.0. The van der Waals surface area contributed by atoms with E-state index in [4.69, 9.17) is 4.74 Å². The molecular formula is C27H25F6N5O5. The van der Waals surface area contributed by atoms with Crippen molar-refractivity contribution >= 4 is 10.8 Å². The number of aliphatic hydroxyl groups is 1. The minimum absolute atomic E-state index is 0.0232. The predicted molar refractivity (Wildman–Crippen MR) is 140 cm³/mol. The lowest BCUT2D eigenvalue weighted by atomic mass is 10.0. The molecule has 0 aliphatic carbocycles. The number of aromatic nitrogens is 5. The molecule has 2 N–H and O–H groups in total. The number of aromatic amines is 1. The standard InChI is InChI=1S/C27H25F6N5O5/c1-26(2,41)15-10-34-22(35-11-15)18-8-14-5-7-38(24(40)17(14)9-19(18)28)6-3-4-16(13-42-25(29)30)43-20-12-36-37-23(39)21(20)27(31,32)33/h5,7-12,16,25,41H,3-4,6,13H2,1-2H3,(H,37,39)/t16-/m1/s1. The van der Waals surface area contributed by atoms with Gasteiger partial charge in [0.15, 0.2) is 17.1 Å². The molecule has 3 aromatic heterocycles. The van der Waals surface area contributed by atoms with E-state index in [0.29, 0.717) is 17.1 Å². The van der Waals surface area contributed by atoms with Crippen LogP contribution in [0.1, 0.15) is 37.8 Å². The summed E-state index contributed by atoms with van der Waals surface area (Å²) in [6.07, 6.45) is -1.85. The van der Waals surface area contributed by atoms with Crippen molar-refractivity contribution in [1.29, 1.82) is 0 Å². The van der Waals surface area contributed by atoms with Gasteiger partial charge >= 0.3 is 12.8 Å². The summed E-state index contributed by atoms with van der Waals surface area (Å²) in [5.41, 5.74) is -4.59. The van der Waals surface area contributed by atoms with E-state index in [-0.39, 0.29) is 36.2 Å². The molecule has 0 unspecified atom stereocenters. The van der Waals surface area contributed by atoms with Crippen molar-refractivity contribution in [1.82, 2.24) is 24.7 Å². The first-order valence-corrected chi connectivity index (χ1v) is 12.7. The topological polar surface area (TPSA) is 132 Å². The van der Waals surface area contributed by atoms with E-state index in [2.05, 4.69) is 19.8 Å². The Morgan fingerprint density at radius 2 is 1.79 bits per heavy atom. The molecule has 0 saturated heterocycles. The molecule has 230 valence electrons. The largest absolute Gasteiger partial charge is 0.485 e. The Kier molecular flexibility index (Phi) is 9.20. The van der Waals surface area contributed by atoms with Crippen molar-refractivity contribution in [3.8, 4) is 17.1 Å². The molecule has 0 bridgehead atoms. The Morgan fingerprint density at radius 1 is 1.09 bits per heavy atom. The molecule has 0 spiro atoms. The number of aryl methyl sites for hydroxylation is 1. The van der Waals surface area contributed by atoms with Gasteiger partial charge in [0.1, 0.15) is 11.9 Å². The molecule has 0 aliphatic rings. The first-order chi connectivity index (χ1) is 20.1. The van der Waals surface area contributed by atoms with Crippen LogP contribution in [0.15, 0.2) is 52.6 Å². The SMILES string of the molecule is CC(C)(O)c1cnc(-c2cc3ccn(CCC[C@H](COC(F)F)Oc4cn[nH]c(=O)c4C(F)(F)F)c(=O)c3cc2F)nc1. The Labute approximate surface area is 238 Å². The molecule has 1 aromatic carbocycles. The quantitative estimate of drug-likeness (QED) is 0.238.